The highest BCUT2D eigenvalue weighted by Gasteiger charge is 2.34. The quantitative estimate of drug-likeness (QED) is 0.934. The standard InChI is InChI=1S/C18H20F2N2O2/c1-24-16-5-4-15(19)17(20)14(16)12-22-9-6-18(23,7-10-22)13-3-2-8-21-11-13/h2-5,8,11,23H,6-7,9-10,12H2,1H3. The normalized spacial score (nSPS) is 17.7. The highest BCUT2D eigenvalue weighted by Crippen LogP contribution is 2.34. The molecule has 0 aliphatic carbocycles. The first-order valence-electron chi connectivity index (χ1n) is 7.89. The molecule has 1 aromatic heterocycles. The van der Waals surface area contributed by atoms with Crippen LogP contribution in [0.2, 0.25) is 0 Å². The van der Waals surface area contributed by atoms with Crippen LogP contribution in [0.4, 0.5) is 8.78 Å². The van der Waals surface area contributed by atoms with E-state index in [1.54, 1.807) is 18.5 Å². The fourth-order valence-electron chi connectivity index (χ4n) is 3.14. The van der Waals surface area contributed by atoms with Crippen molar-refractivity contribution in [2.75, 3.05) is 20.2 Å². The molecular formula is C18H20F2N2O2. The molecule has 3 rings (SSSR count). The Bertz CT molecular complexity index is 702. The molecule has 1 aromatic carbocycles. The number of hydrogen-bond donors (Lipinski definition) is 1. The summed E-state index contributed by atoms with van der Waals surface area (Å²) < 4.78 is 32.7. The number of aliphatic hydroxyl groups is 1. The fraction of sp³-hybridized carbons (Fsp3) is 0.389. The molecule has 0 spiro atoms. The molecular weight excluding hydrogens is 314 g/mol. The molecule has 1 N–H and O–H groups in total. The number of aromatic nitrogens is 1. The Morgan fingerprint density at radius 1 is 1.25 bits per heavy atom. The van der Waals surface area contributed by atoms with Crippen LogP contribution in [-0.2, 0) is 12.1 Å². The monoisotopic (exact) mass is 334 g/mol. The molecule has 2 heterocycles. The van der Waals surface area contributed by atoms with E-state index < -0.39 is 17.2 Å². The summed E-state index contributed by atoms with van der Waals surface area (Å²) in [6, 6.07) is 6.16. The maximum absolute atomic E-state index is 14.1. The number of rotatable bonds is 4. The van der Waals surface area contributed by atoms with E-state index in [0.29, 0.717) is 31.7 Å². The molecule has 0 radical (unpaired) electrons. The summed E-state index contributed by atoms with van der Waals surface area (Å²) >= 11 is 0. The van der Waals surface area contributed by atoms with Crippen molar-refractivity contribution in [3.05, 3.63) is 59.4 Å². The van der Waals surface area contributed by atoms with E-state index in [2.05, 4.69) is 4.98 Å². The number of benzene rings is 1. The van der Waals surface area contributed by atoms with Crippen molar-refractivity contribution in [2.24, 2.45) is 0 Å². The van der Waals surface area contributed by atoms with Gasteiger partial charge in [-0.25, -0.2) is 8.78 Å². The molecule has 4 nitrogen and oxygen atoms in total. The minimum Gasteiger partial charge on any atom is -0.496 e. The van der Waals surface area contributed by atoms with Crippen LogP contribution in [0.15, 0.2) is 36.7 Å². The van der Waals surface area contributed by atoms with Crippen LogP contribution in [-0.4, -0.2) is 35.2 Å². The van der Waals surface area contributed by atoms with E-state index in [4.69, 9.17) is 4.74 Å². The van der Waals surface area contributed by atoms with Crippen molar-refractivity contribution < 1.29 is 18.6 Å². The lowest BCUT2D eigenvalue weighted by Crippen LogP contribution is -2.42. The third-order valence-corrected chi connectivity index (χ3v) is 4.64. The van der Waals surface area contributed by atoms with E-state index in [9.17, 15) is 13.9 Å². The second kappa shape index (κ2) is 6.83. The number of methoxy groups -OCH3 is 1. The Morgan fingerprint density at radius 3 is 2.62 bits per heavy atom. The summed E-state index contributed by atoms with van der Waals surface area (Å²) in [7, 11) is 1.44. The highest BCUT2D eigenvalue weighted by atomic mass is 19.2. The average Bonchev–Trinajstić information content (AvgIpc) is 2.62. The molecule has 128 valence electrons. The first-order chi connectivity index (χ1) is 11.5. The van der Waals surface area contributed by atoms with Crippen LogP contribution in [0.5, 0.6) is 5.75 Å². The lowest BCUT2D eigenvalue weighted by atomic mass is 9.85. The zero-order chi connectivity index (χ0) is 17.2. The first kappa shape index (κ1) is 16.8. The molecule has 0 unspecified atom stereocenters. The topological polar surface area (TPSA) is 45.6 Å². The summed E-state index contributed by atoms with van der Waals surface area (Å²) in [5.74, 6) is -1.42. The van der Waals surface area contributed by atoms with Gasteiger partial charge in [0.15, 0.2) is 11.6 Å². The van der Waals surface area contributed by atoms with Crippen molar-refractivity contribution in [1.82, 2.24) is 9.88 Å². The smallest absolute Gasteiger partial charge is 0.167 e. The van der Waals surface area contributed by atoms with Crippen LogP contribution >= 0.6 is 0 Å². The second-order valence-corrected chi connectivity index (χ2v) is 6.09. The van der Waals surface area contributed by atoms with Gasteiger partial charge in [0.25, 0.3) is 0 Å². The zero-order valence-electron chi connectivity index (χ0n) is 13.5. The number of piperidine rings is 1. The molecule has 1 aliphatic rings. The third-order valence-electron chi connectivity index (χ3n) is 4.64. The second-order valence-electron chi connectivity index (χ2n) is 6.09. The Balaban J connectivity index is 1.71. The van der Waals surface area contributed by atoms with Crippen LogP contribution < -0.4 is 4.74 Å². The number of ether oxygens (including phenoxy) is 1. The van der Waals surface area contributed by atoms with Crippen molar-refractivity contribution in [1.29, 1.82) is 0 Å². The van der Waals surface area contributed by atoms with Gasteiger partial charge in [-0.1, -0.05) is 6.07 Å². The van der Waals surface area contributed by atoms with Gasteiger partial charge in [0.1, 0.15) is 5.75 Å². The minimum atomic E-state index is -0.921. The Kier molecular flexibility index (Phi) is 4.78. The molecule has 1 saturated heterocycles. The van der Waals surface area contributed by atoms with E-state index in [-0.39, 0.29) is 12.1 Å². The average molecular weight is 334 g/mol. The Hall–Kier alpha value is -2.05. The van der Waals surface area contributed by atoms with Crippen molar-refractivity contribution >= 4 is 0 Å². The molecule has 0 saturated carbocycles. The predicted molar refractivity (Wildman–Crippen MR) is 85.6 cm³/mol. The summed E-state index contributed by atoms with van der Waals surface area (Å²) in [4.78, 5) is 6.05. The van der Waals surface area contributed by atoms with E-state index in [1.807, 2.05) is 11.0 Å². The zero-order valence-corrected chi connectivity index (χ0v) is 13.5. The highest BCUT2D eigenvalue weighted by molar-refractivity contribution is 5.35. The molecule has 1 aliphatic heterocycles. The van der Waals surface area contributed by atoms with E-state index in [0.717, 1.165) is 11.6 Å². The van der Waals surface area contributed by atoms with Crippen LogP contribution in [0.3, 0.4) is 0 Å². The maximum atomic E-state index is 14.1. The van der Waals surface area contributed by atoms with Gasteiger partial charge in [-0.15, -0.1) is 0 Å². The number of halogens is 2. The first-order valence-corrected chi connectivity index (χ1v) is 7.89. The lowest BCUT2D eigenvalue weighted by Gasteiger charge is -2.38. The summed E-state index contributed by atoms with van der Waals surface area (Å²) in [5, 5.41) is 10.8. The van der Waals surface area contributed by atoms with Gasteiger partial charge in [-0.3, -0.25) is 9.88 Å². The molecule has 0 atom stereocenters. The maximum Gasteiger partial charge on any atom is 0.167 e. The van der Waals surface area contributed by atoms with Crippen LogP contribution in [0, 0.1) is 11.6 Å². The summed E-state index contributed by atoms with van der Waals surface area (Å²) in [5.41, 5.74) is 0.0819. The number of hydrogen-bond acceptors (Lipinski definition) is 4. The van der Waals surface area contributed by atoms with E-state index >= 15 is 0 Å². The Morgan fingerprint density at radius 2 is 2.00 bits per heavy atom. The van der Waals surface area contributed by atoms with Gasteiger partial charge in [-0.2, -0.15) is 0 Å². The summed E-state index contributed by atoms with van der Waals surface area (Å²) in [6.07, 6.45) is 4.36. The van der Waals surface area contributed by atoms with Crippen LogP contribution in [0.1, 0.15) is 24.0 Å². The third kappa shape index (κ3) is 3.25. The lowest BCUT2D eigenvalue weighted by molar-refractivity contribution is -0.0282. The van der Waals surface area contributed by atoms with Gasteiger partial charge >= 0.3 is 0 Å². The minimum absolute atomic E-state index is 0.212. The fourth-order valence-corrected chi connectivity index (χ4v) is 3.14. The molecule has 2 aromatic rings. The SMILES string of the molecule is COc1ccc(F)c(F)c1CN1CCC(O)(c2cccnc2)CC1. The molecule has 6 heteroatoms. The van der Waals surface area contributed by atoms with E-state index in [1.165, 1.54) is 13.2 Å². The molecule has 24 heavy (non-hydrogen) atoms. The van der Waals surface area contributed by atoms with Gasteiger partial charge in [-0.05, 0) is 31.0 Å². The number of likely N-dealkylation sites (tertiary alicyclic amines) is 1. The van der Waals surface area contributed by atoms with Crippen LogP contribution in [0.25, 0.3) is 0 Å². The van der Waals surface area contributed by atoms with Crippen molar-refractivity contribution in [2.45, 2.75) is 25.0 Å². The van der Waals surface area contributed by atoms with Gasteiger partial charge < -0.3 is 9.84 Å². The van der Waals surface area contributed by atoms with Crippen molar-refractivity contribution in [3.8, 4) is 5.75 Å². The number of pyridine rings is 1. The van der Waals surface area contributed by atoms with Crippen molar-refractivity contribution in [3.63, 3.8) is 0 Å². The molecule has 0 amide bonds. The summed E-state index contributed by atoms with van der Waals surface area (Å²) in [6.45, 7) is 1.39. The van der Waals surface area contributed by atoms with Gasteiger partial charge in [0.05, 0.1) is 12.7 Å². The van der Waals surface area contributed by atoms with Gasteiger partial charge in [0, 0.05) is 43.2 Å². The predicted octanol–water partition coefficient (Wildman–Crippen LogP) is 2.85. The Labute approximate surface area is 139 Å². The largest absolute Gasteiger partial charge is 0.496 e. The molecule has 0 bridgehead atoms. The van der Waals surface area contributed by atoms with Gasteiger partial charge in [0.2, 0.25) is 0 Å². The number of nitrogens with zero attached hydrogens (tertiary/aromatic N) is 2. The molecule has 1 fully saturated rings.